The molecule has 0 saturated carbocycles. The standard InChI is InChI=1S/C7H12N2O3/c1-9-4-5(8-7(9)12)2-3-6(10)11/h5H,2-4H2,1H3,(H,8,12)(H,10,11). The van der Waals surface area contributed by atoms with Crippen LogP contribution in [0.2, 0.25) is 0 Å². The van der Waals surface area contributed by atoms with Crippen LogP contribution in [0.25, 0.3) is 0 Å². The van der Waals surface area contributed by atoms with Gasteiger partial charge in [0.05, 0.1) is 0 Å². The quantitative estimate of drug-likeness (QED) is 0.623. The molecule has 1 atom stereocenters. The zero-order chi connectivity index (χ0) is 9.14. The highest BCUT2D eigenvalue weighted by Gasteiger charge is 2.25. The van der Waals surface area contributed by atoms with Crippen molar-refractivity contribution in [2.24, 2.45) is 0 Å². The molecule has 1 heterocycles. The van der Waals surface area contributed by atoms with Gasteiger partial charge in [-0.1, -0.05) is 0 Å². The molecule has 1 aliphatic rings. The largest absolute Gasteiger partial charge is 0.481 e. The number of hydrogen-bond acceptors (Lipinski definition) is 2. The van der Waals surface area contributed by atoms with E-state index in [0.717, 1.165) is 0 Å². The Morgan fingerprint density at radius 1 is 1.83 bits per heavy atom. The van der Waals surface area contributed by atoms with E-state index in [9.17, 15) is 9.59 Å². The van der Waals surface area contributed by atoms with Gasteiger partial charge in [0.15, 0.2) is 0 Å². The molecule has 0 spiro atoms. The Bertz CT molecular complexity index is 205. The van der Waals surface area contributed by atoms with E-state index in [4.69, 9.17) is 5.11 Å². The molecule has 12 heavy (non-hydrogen) atoms. The minimum absolute atomic E-state index is 0.00130. The third-order valence-electron chi connectivity index (χ3n) is 1.88. The number of carboxylic acids is 1. The number of likely N-dealkylation sites (N-methyl/N-ethyl adjacent to an activating group) is 1. The average molecular weight is 172 g/mol. The van der Waals surface area contributed by atoms with E-state index in [1.807, 2.05) is 0 Å². The Hall–Kier alpha value is -1.26. The second-order valence-electron chi connectivity index (χ2n) is 2.96. The predicted molar refractivity (Wildman–Crippen MR) is 41.8 cm³/mol. The molecule has 68 valence electrons. The normalized spacial score (nSPS) is 22.6. The van der Waals surface area contributed by atoms with Gasteiger partial charge in [-0.25, -0.2) is 4.79 Å². The van der Waals surface area contributed by atoms with Crippen LogP contribution in [0, 0.1) is 0 Å². The maximum absolute atomic E-state index is 10.9. The van der Waals surface area contributed by atoms with Crippen LogP contribution in [0.1, 0.15) is 12.8 Å². The molecule has 1 fully saturated rings. The second kappa shape index (κ2) is 3.42. The molecule has 5 nitrogen and oxygen atoms in total. The molecule has 0 aromatic carbocycles. The fourth-order valence-electron chi connectivity index (χ4n) is 1.21. The molecular weight excluding hydrogens is 160 g/mol. The lowest BCUT2D eigenvalue weighted by molar-refractivity contribution is -0.137. The van der Waals surface area contributed by atoms with Gasteiger partial charge >= 0.3 is 12.0 Å². The summed E-state index contributed by atoms with van der Waals surface area (Å²) in [6, 6.07) is -0.121. The van der Waals surface area contributed by atoms with Crippen LogP contribution in [0.3, 0.4) is 0 Å². The van der Waals surface area contributed by atoms with E-state index in [1.54, 1.807) is 11.9 Å². The number of hydrogen-bond donors (Lipinski definition) is 2. The van der Waals surface area contributed by atoms with Gasteiger partial charge in [-0.3, -0.25) is 4.79 Å². The van der Waals surface area contributed by atoms with Crippen LogP contribution in [0.5, 0.6) is 0 Å². The molecular formula is C7H12N2O3. The fraction of sp³-hybridized carbons (Fsp3) is 0.714. The van der Waals surface area contributed by atoms with Gasteiger partial charge in [0.25, 0.3) is 0 Å². The van der Waals surface area contributed by atoms with Crippen molar-refractivity contribution in [3.63, 3.8) is 0 Å². The number of urea groups is 1. The molecule has 1 unspecified atom stereocenters. The monoisotopic (exact) mass is 172 g/mol. The molecule has 1 saturated heterocycles. The highest BCUT2D eigenvalue weighted by Crippen LogP contribution is 2.06. The second-order valence-corrected chi connectivity index (χ2v) is 2.96. The van der Waals surface area contributed by atoms with Crippen molar-refractivity contribution in [1.29, 1.82) is 0 Å². The first kappa shape index (κ1) is 8.83. The molecule has 5 heteroatoms. The predicted octanol–water partition coefficient (Wildman–Crippen LogP) is -0.125. The summed E-state index contributed by atoms with van der Waals surface area (Å²) in [5.41, 5.74) is 0. The van der Waals surface area contributed by atoms with Gasteiger partial charge in [-0.2, -0.15) is 0 Å². The SMILES string of the molecule is CN1CC(CCC(=O)O)NC1=O. The summed E-state index contributed by atoms with van der Waals surface area (Å²) in [5, 5.41) is 11.1. The van der Waals surface area contributed by atoms with Gasteiger partial charge < -0.3 is 15.3 Å². The molecule has 2 amide bonds. The first-order valence-electron chi connectivity index (χ1n) is 3.83. The van der Waals surface area contributed by atoms with Gasteiger partial charge in [0.2, 0.25) is 0 Å². The van der Waals surface area contributed by atoms with Crippen LogP contribution in [0.4, 0.5) is 4.79 Å². The Labute approximate surface area is 70.4 Å². The zero-order valence-electron chi connectivity index (χ0n) is 6.91. The number of amides is 2. The molecule has 0 aromatic rings. The van der Waals surface area contributed by atoms with E-state index in [-0.39, 0.29) is 18.5 Å². The summed E-state index contributed by atoms with van der Waals surface area (Å²) in [6.07, 6.45) is 0.615. The van der Waals surface area contributed by atoms with E-state index in [1.165, 1.54) is 0 Å². The van der Waals surface area contributed by atoms with Crippen LogP contribution in [0.15, 0.2) is 0 Å². The first-order valence-corrected chi connectivity index (χ1v) is 3.83. The number of carbonyl (C=O) groups excluding carboxylic acids is 1. The number of aliphatic carboxylic acids is 1. The van der Waals surface area contributed by atoms with Gasteiger partial charge in [0.1, 0.15) is 0 Å². The Morgan fingerprint density at radius 3 is 2.92 bits per heavy atom. The van der Waals surface area contributed by atoms with Gasteiger partial charge in [0, 0.05) is 26.1 Å². The van der Waals surface area contributed by atoms with Crippen molar-refractivity contribution in [2.45, 2.75) is 18.9 Å². The number of carbonyl (C=O) groups is 2. The van der Waals surface area contributed by atoms with Gasteiger partial charge in [-0.15, -0.1) is 0 Å². The van der Waals surface area contributed by atoms with Crippen LogP contribution in [-0.4, -0.2) is 41.6 Å². The highest BCUT2D eigenvalue weighted by molar-refractivity contribution is 5.76. The summed E-state index contributed by atoms with van der Waals surface area (Å²) >= 11 is 0. The van der Waals surface area contributed by atoms with E-state index in [2.05, 4.69) is 5.32 Å². The Kier molecular flexibility index (Phi) is 2.52. The van der Waals surface area contributed by atoms with E-state index >= 15 is 0 Å². The molecule has 1 rings (SSSR count). The highest BCUT2D eigenvalue weighted by atomic mass is 16.4. The van der Waals surface area contributed by atoms with Gasteiger partial charge in [-0.05, 0) is 6.42 Å². The van der Waals surface area contributed by atoms with Crippen molar-refractivity contribution in [1.82, 2.24) is 10.2 Å². The van der Waals surface area contributed by atoms with Crippen LogP contribution >= 0.6 is 0 Å². The number of nitrogens with zero attached hydrogens (tertiary/aromatic N) is 1. The average Bonchev–Trinajstić information content (AvgIpc) is 2.28. The number of nitrogens with one attached hydrogen (secondary N) is 1. The Balaban J connectivity index is 2.28. The molecule has 0 radical (unpaired) electrons. The summed E-state index contributed by atoms with van der Waals surface area (Å²) < 4.78 is 0. The summed E-state index contributed by atoms with van der Waals surface area (Å²) in [5.74, 6) is -0.821. The lowest BCUT2D eigenvalue weighted by Gasteiger charge is -2.06. The molecule has 0 aromatic heterocycles. The number of rotatable bonds is 3. The maximum Gasteiger partial charge on any atom is 0.317 e. The topological polar surface area (TPSA) is 69.6 Å². The minimum Gasteiger partial charge on any atom is -0.481 e. The fourth-order valence-corrected chi connectivity index (χ4v) is 1.21. The van der Waals surface area contributed by atoms with Crippen molar-refractivity contribution in [2.75, 3.05) is 13.6 Å². The van der Waals surface area contributed by atoms with Crippen molar-refractivity contribution < 1.29 is 14.7 Å². The third kappa shape index (κ3) is 2.11. The van der Waals surface area contributed by atoms with Crippen LogP contribution in [-0.2, 0) is 4.79 Å². The third-order valence-corrected chi connectivity index (χ3v) is 1.88. The lowest BCUT2D eigenvalue weighted by atomic mass is 10.2. The smallest absolute Gasteiger partial charge is 0.317 e. The number of carboxylic acid groups (broad SMARTS) is 1. The van der Waals surface area contributed by atoms with E-state index < -0.39 is 5.97 Å². The first-order chi connectivity index (χ1) is 5.59. The molecule has 1 aliphatic heterocycles. The minimum atomic E-state index is -0.821. The van der Waals surface area contributed by atoms with E-state index in [0.29, 0.717) is 13.0 Å². The summed E-state index contributed by atoms with van der Waals surface area (Å²) in [4.78, 5) is 22.6. The summed E-state index contributed by atoms with van der Waals surface area (Å²) in [6.45, 7) is 0.603. The Morgan fingerprint density at radius 2 is 2.50 bits per heavy atom. The van der Waals surface area contributed by atoms with Crippen LogP contribution < -0.4 is 5.32 Å². The van der Waals surface area contributed by atoms with Crippen molar-refractivity contribution in [3.8, 4) is 0 Å². The lowest BCUT2D eigenvalue weighted by Crippen LogP contribution is -2.27. The maximum atomic E-state index is 10.9. The van der Waals surface area contributed by atoms with Crippen molar-refractivity contribution >= 4 is 12.0 Å². The zero-order valence-corrected chi connectivity index (χ0v) is 6.91. The van der Waals surface area contributed by atoms with Crippen molar-refractivity contribution in [3.05, 3.63) is 0 Å². The molecule has 2 N–H and O–H groups in total. The molecule has 0 aliphatic carbocycles. The molecule has 0 bridgehead atoms. The summed E-state index contributed by atoms with van der Waals surface area (Å²) in [7, 11) is 1.69.